The highest BCUT2D eigenvalue weighted by Gasteiger charge is 2.27. The summed E-state index contributed by atoms with van der Waals surface area (Å²) < 4.78 is 19.3. The van der Waals surface area contributed by atoms with Gasteiger partial charge >= 0.3 is 0 Å². The average Bonchev–Trinajstić information content (AvgIpc) is 3.50. The summed E-state index contributed by atoms with van der Waals surface area (Å²) in [4.78, 5) is 4.16. The predicted molar refractivity (Wildman–Crippen MR) is 134 cm³/mol. The summed E-state index contributed by atoms with van der Waals surface area (Å²) in [5, 5.41) is 22.6. The number of hydrogen-bond acceptors (Lipinski definition) is 6. The van der Waals surface area contributed by atoms with Crippen molar-refractivity contribution >= 4 is 35.3 Å². The summed E-state index contributed by atoms with van der Waals surface area (Å²) in [7, 11) is 0. The summed E-state index contributed by atoms with van der Waals surface area (Å²) in [6, 6.07) is 11.6. The number of rotatable bonds is 7. The molecule has 2 aliphatic heterocycles. The molecule has 0 amide bonds. The van der Waals surface area contributed by atoms with E-state index in [0.717, 1.165) is 43.1 Å². The highest BCUT2D eigenvalue weighted by Crippen LogP contribution is 2.39. The molecule has 2 aromatic carbocycles. The Hall–Kier alpha value is -3.13. The number of nitrogens with zero attached hydrogens (tertiary/aromatic N) is 2. The standard InChI is InChI=1S/C26H26ClFN4O2/c27-22-14-18(28)3-5-20(22)25-15-21-24(34-25)7-11-32(26(21)33)19-4-6-23(17(13-19)16-29)30-8-12-31-9-1-2-10-31/h3-7,11,13-16,26,29-30,33H,1-2,8-10,12H2. The maximum atomic E-state index is 13.4. The van der Waals surface area contributed by atoms with Crippen molar-refractivity contribution in [2.24, 2.45) is 0 Å². The van der Waals surface area contributed by atoms with E-state index in [1.54, 1.807) is 29.3 Å². The Bertz CT molecular complexity index is 1240. The van der Waals surface area contributed by atoms with Crippen molar-refractivity contribution < 1.29 is 13.9 Å². The SMILES string of the molecule is N=Cc1cc(N2C=Cc3oc(-c4ccc(F)cc4Cl)cc3C2O)ccc1NCCN1CCCC1. The minimum Gasteiger partial charge on any atom is -0.456 e. The van der Waals surface area contributed by atoms with Gasteiger partial charge in [0.2, 0.25) is 0 Å². The predicted octanol–water partition coefficient (Wildman–Crippen LogP) is 5.73. The van der Waals surface area contributed by atoms with E-state index >= 15 is 0 Å². The van der Waals surface area contributed by atoms with Crippen LogP contribution in [-0.2, 0) is 0 Å². The molecule has 3 aromatic rings. The van der Waals surface area contributed by atoms with E-state index in [-0.39, 0.29) is 5.02 Å². The quantitative estimate of drug-likeness (QED) is 0.377. The first-order valence-corrected chi connectivity index (χ1v) is 11.8. The first-order chi connectivity index (χ1) is 16.5. The van der Waals surface area contributed by atoms with Crippen LogP contribution >= 0.6 is 11.6 Å². The minimum atomic E-state index is -0.982. The van der Waals surface area contributed by atoms with Crippen LogP contribution in [0.15, 0.2) is 53.1 Å². The molecule has 1 fully saturated rings. The highest BCUT2D eigenvalue weighted by molar-refractivity contribution is 6.33. The molecular formula is C26H26ClFN4O2. The third-order valence-electron chi connectivity index (χ3n) is 6.35. The molecule has 5 rings (SSSR count). The zero-order valence-corrected chi connectivity index (χ0v) is 19.4. The fourth-order valence-corrected chi connectivity index (χ4v) is 4.79. The Morgan fingerprint density at radius 1 is 1.18 bits per heavy atom. The van der Waals surface area contributed by atoms with Crippen molar-refractivity contribution in [3.8, 4) is 11.3 Å². The van der Waals surface area contributed by atoms with Gasteiger partial charge in [0.25, 0.3) is 0 Å². The number of likely N-dealkylation sites (tertiary alicyclic amines) is 1. The molecular weight excluding hydrogens is 455 g/mol. The molecule has 1 unspecified atom stereocenters. The van der Waals surface area contributed by atoms with Crippen molar-refractivity contribution in [3.05, 3.63) is 76.4 Å². The van der Waals surface area contributed by atoms with Gasteiger partial charge in [-0.15, -0.1) is 0 Å². The zero-order valence-electron chi connectivity index (χ0n) is 18.6. The van der Waals surface area contributed by atoms with Crippen LogP contribution in [0.4, 0.5) is 15.8 Å². The maximum absolute atomic E-state index is 13.4. The number of furan rings is 1. The van der Waals surface area contributed by atoms with Crippen molar-refractivity contribution in [1.29, 1.82) is 5.41 Å². The lowest BCUT2D eigenvalue weighted by Gasteiger charge is -2.29. The van der Waals surface area contributed by atoms with Crippen LogP contribution in [0.5, 0.6) is 0 Å². The van der Waals surface area contributed by atoms with Gasteiger partial charge in [-0.05, 0) is 74.5 Å². The summed E-state index contributed by atoms with van der Waals surface area (Å²) in [6.07, 6.45) is 6.39. The Labute approximate surface area is 202 Å². The van der Waals surface area contributed by atoms with Crippen LogP contribution in [0.3, 0.4) is 0 Å². The molecule has 176 valence electrons. The number of aliphatic hydroxyl groups excluding tert-OH is 1. The smallest absolute Gasteiger partial charge is 0.160 e. The van der Waals surface area contributed by atoms with Gasteiger partial charge in [-0.3, -0.25) is 0 Å². The zero-order chi connectivity index (χ0) is 23.7. The van der Waals surface area contributed by atoms with Gasteiger partial charge in [0, 0.05) is 53.6 Å². The number of fused-ring (bicyclic) bond motifs is 1. The lowest BCUT2D eigenvalue weighted by Crippen LogP contribution is -2.26. The van der Waals surface area contributed by atoms with E-state index in [0.29, 0.717) is 22.6 Å². The van der Waals surface area contributed by atoms with Crippen LogP contribution in [0.25, 0.3) is 17.4 Å². The largest absolute Gasteiger partial charge is 0.456 e. The van der Waals surface area contributed by atoms with Gasteiger partial charge in [0.1, 0.15) is 17.3 Å². The van der Waals surface area contributed by atoms with Crippen LogP contribution in [-0.4, -0.2) is 42.4 Å². The Kier molecular flexibility index (Phi) is 6.41. The summed E-state index contributed by atoms with van der Waals surface area (Å²) in [5.74, 6) is 0.553. The van der Waals surface area contributed by atoms with Gasteiger partial charge in [0.15, 0.2) is 6.23 Å². The van der Waals surface area contributed by atoms with Crippen LogP contribution < -0.4 is 10.2 Å². The number of benzene rings is 2. The third-order valence-corrected chi connectivity index (χ3v) is 6.66. The molecule has 0 radical (unpaired) electrons. The Morgan fingerprint density at radius 3 is 2.76 bits per heavy atom. The molecule has 1 atom stereocenters. The second-order valence-corrected chi connectivity index (χ2v) is 8.95. The molecule has 1 aromatic heterocycles. The minimum absolute atomic E-state index is 0.241. The molecule has 2 aliphatic rings. The molecule has 34 heavy (non-hydrogen) atoms. The van der Waals surface area contributed by atoms with Crippen molar-refractivity contribution in [2.75, 3.05) is 36.4 Å². The monoisotopic (exact) mass is 480 g/mol. The number of hydrogen-bond donors (Lipinski definition) is 3. The Balaban J connectivity index is 1.34. The summed E-state index contributed by atoms with van der Waals surface area (Å²) in [5.41, 5.74) is 3.53. The summed E-state index contributed by atoms with van der Waals surface area (Å²) >= 11 is 6.19. The molecule has 8 heteroatoms. The van der Waals surface area contributed by atoms with E-state index in [1.165, 1.54) is 31.2 Å². The Morgan fingerprint density at radius 2 is 2.00 bits per heavy atom. The second kappa shape index (κ2) is 9.62. The lowest BCUT2D eigenvalue weighted by atomic mass is 10.1. The van der Waals surface area contributed by atoms with Crippen molar-refractivity contribution in [3.63, 3.8) is 0 Å². The molecule has 0 aliphatic carbocycles. The second-order valence-electron chi connectivity index (χ2n) is 8.54. The van der Waals surface area contributed by atoms with E-state index in [4.69, 9.17) is 21.4 Å². The number of halogens is 2. The van der Waals surface area contributed by atoms with Crippen LogP contribution in [0, 0.1) is 11.2 Å². The molecule has 1 saturated heterocycles. The first-order valence-electron chi connectivity index (χ1n) is 11.4. The number of anilines is 2. The average molecular weight is 481 g/mol. The van der Waals surface area contributed by atoms with E-state index < -0.39 is 12.0 Å². The van der Waals surface area contributed by atoms with Gasteiger partial charge in [-0.2, -0.15) is 0 Å². The van der Waals surface area contributed by atoms with Gasteiger partial charge in [-0.25, -0.2) is 4.39 Å². The van der Waals surface area contributed by atoms with Crippen molar-refractivity contribution in [2.45, 2.75) is 19.1 Å². The molecule has 0 bridgehead atoms. The van der Waals surface area contributed by atoms with E-state index in [1.807, 2.05) is 18.2 Å². The molecule has 0 saturated carbocycles. The van der Waals surface area contributed by atoms with Gasteiger partial charge in [-0.1, -0.05) is 11.6 Å². The van der Waals surface area contributed by atoms with Crippen molar-refractivity contribution in [1.82, 2.24) is 4.90 Å². The summed E-state index contributed by atoms with van der Waals surface area (Å²) in [6.45, 7) is 4.11. The molecule has 0 spiro atoms. The molecule has 3 N–H and O–H groups in total. The van der Waals surface area contributed by atoms with Crippen LogP contribution in [0.1, 0.15) is 36.0 Å². The highest BCUT2D eigenvalue weighted by atomic mass is 35.5. The number of aliphatic hydroxyl groups is 1. The van der Waals surface area contributed by atoms with Gasteiger partial charge < -0.3 is 30.0 Å². The normalized spacial score (nSPS) is 17.7. The third kappa shape index (κ3) is 4.46. The fourth-order valence-electron chi connectivity index (χ4n) is 4.53. The van der Waals surface area contributed by atoms with Crippen LogP contribution in [0.2, 0.25) is 5.02 Å². The first kappa shape index (κ1) is 22.7. The molecule has 6 nitrogen and oxygen atoms in total. The number of nitrogens with one attached hydrogen (secondary N) is 2. The van der Waals surface area contributed by atoms with E-state index in [2.05, 4.69) is 10.2 Å². The lowest BCUT2D eigenvalue weighted by molar-refractivity contribution is 0.180. The molecule has 3 heterocycles. The topological polar surface area (TPSA) is 75.7 Å². The fraction of sp³-hybridized carbons (Fsp3) is 0.269. The van der Waals surface area contributed by atoms with Gasteiger partial charge in [0.05, 0.1) is 5.02 Å². The van der Waals surface area contributed by atoms with E-state index in [9.17, 15) is 9.50 Å². The maximum Gasteiger partial charge on any atom is 0.160 e.